The molecular formula is C32H32N4. The molecule has 0 aliphatic rings. The summed E-state index contributed by atoms with van der Waals surface area (Å²) in [5.74, 6) is 6.71. The summed E-state index contributed by atoms with van der Waals surface area (Å²) in [6.45, 7) is 1.26. The molecule has 0 fully saturated rings. The SMILES string of the molecule is Nc1ccc2ccc(N(Cc3ccccc3)N(N)Cc3ccccc3)cc2c1CCc1ccccc1. The first-order chi connectivity index (χ1) is 17.7. The maximum atomic E-state index is 6.71. The van der Waals surface area contributed by atoms with Crippen molar-refractivity contribution in [1.82, 2.24) is 5.12 Å². The second-order valence-electron chi connectivity index (χ2n) is 9.15. The minimum Gasteiger partial charge on any atom is -0.398 e. The molecule has 5 aromatic carbocycles. The van der Waals surface area contributed by atoms with Gasteiger partial charge in [0.2, 0.25) is 0 Å². The minimum absolute atomic E-state index is 0.601. The van der Waals surface area contributed by atoms with Gasteiger partial charge in [-0.15, -0.1) is 0 Å². The highest BCUT2D eigenvalue weighted by Gasteiger charge is 2.16. The number of aryl methyl sites for hydroxylation is 2. The Hall–Kier alpha value is -4.12. The fourth-order valence-corrected chi connectivity index (χ4v) is 4.68. The van der Waals surface area contributed by atoms with Gasteiger partial charge in [-0.2, -0.15) is 5.12 Å². The highest BCUT2D eigenvalue weighted by molar-refractivity contribution is 5.92. The zero-order valence-corrected chi connectivity index (χ0v) is 20.4. The van der Waals surface area contributed by atoms with Gasteiger partial charge in [-0.25, -0.2) is 0 Å². The van der Waals surface area contributed by atoms with E-state index in [0.717, 1.165) is 29.8 Å². The van der Waals surface area contributed by atoms with Gasteiger partial charge in [-0.3, -0.25) is 10.9 Å². The Morgan fingerprint density at radius 1 is 0.556 bits per heavy atom. The quantitative estimate of drug-likeness (QED) is 0.146. The van der Waals surface area contributed by atoms with Crippen molar-refractivity contribution in [2.75, 3.05) is 10.7 Å². The Balaban J connectivity index is 1.50. The molecule has 0 aromatic heterocycles. The molecule has 4 heteroatoms. The van der Waals surface area contributed by atoms with Gasteiger partial charge in [-0.05, 0) is 64.1 Å². The standard InChI is InChI=1S/C32H32N4/c33-32-21-18-28-17-19-29(22-31(28)30(32)20-16-25-10-4-1-5-11-25)35(23-26-12-6-2-7-13-26)36(34)24-27-14-8-3-9-15-27/h1-15,17-19,21-22H,16,20,23-24,33-34H2. The third kappa shape index (κ3) is 5.57. The van der Waals surface area contributed by atoms with Crippen molar-refractivity contribution >= 4 is 22.1 Å². The predicted molar refractivity (Wildman–Crippen MR) is 151 cm³/mol. The molecule has 5 rings (SSSR count). The second-order valence-corrected chi connectivity index (χ2v) is 9.15. The first-order valence-corrected chi connectivity index (χ1v) is 12.4. The van der Waals surface area contributed by atoms with Crippen molar-refractivity contribution in [3.8, 4) is 0 Å². The van der Waals surface area contributed by atoms with Crippen LogP contribution in [0, 0.1) is 0 Å². The molecule has 0 spiro atoms. The van der Waals surface area contributed by atoms with E-state index in [0.29, 0.717) is 13.1 Å². The molecule has 180 valence electrons. The van der Waals surface area contributed by atoms with Crippen LogP contribution in [-0.2, 0) is 25.9 Å². The molecule has 0 atom stereocenters. The van der Waals surface area contributed by atoms with Crippen LogP contribution < -0.4 is 16.6 Å². The van der Waals surface area contributed by atoms with E-state index < -0.39 is 0 Å². The molecule has 0 heterocycles. The molecule has 0 bridgehead atoms. The molecule has 0 saturated carbocycles. The van der Waals surface area contributed by atoms with E-state index >= 15 is 0 Å². The zero-order chi connectivity index (χ0) is 24.7. The van der Waals surface area contributed by atoms with Gasteiger partial charge in [0.05, 0.1) is 18.8 Å². The van der Waals surface area contributed by atoms with Gasteiger partial charge in [0.15, 0.2) is 0 Å². The van der Waals surface area contributed by atoms with Crippen molar-refractivity contribution in [1.29, 1.82) is 0 Å². The Bertz CT molecular complexity index is 1400. The largest absolute Gasteiger partial charge is 0.398 e. The van der Waals surface area contributed by atoms with Crippen LogP contribution in [0.2, 0.25) is 0 Å². The second kappa shape index (κ2) is 11.1. The van der Waals surface area contributed by atoms with Crippen molar-refractivity contribution in [3.63, 3.8) is 0 Å². The fraction of sp³-hybridized carbons (Fsp3) is 0.125. The van der Waals surface area contributed by atoms with E-state index in [4.69, 9.17) is 11.6 Å². The number of hydrazine groups is 2. The average molecular weight is 473 g/mol. The summed E-state index contributed by atoms with van der Waals surface area (Å²) in [6, 6.07) is 42.0. The van der Waals surface area contributed by atoms with Crippen molar-refractivity contribution in [3.05, 3.63) is 144 Å². The molecule has 4 N–H and O–H groups in total. The molecule has 0 amide bonds. The summed E-state index contributed by atoms with van der Waals surface area (Å²) < 4.78 is 0. The Morgan fingerprint density at radius 3 is 1.75 bits per heavy atom. The summed E-state index contributed by atoms with van der Waals surface area (Å²) in [7, 11) is 0. The molecule has 0 unspecified atom stereocenters. The molecule has 36 heavy (non-hydrogen) atoms. The maximum absolute atomic E-state index is 6.71. The van der Waals surface area contributed by atoms with E-state index in [9.17, 15) is 0 Å². The number of rotatable bonds is 9. The highest BCUT2D eigenvalue weighted by Crippen LogP contribution is 2.31. The van der Waals surface area contributed by atoms with Crippen molar-refractivity contribution < 1.29 is 0 Å². The smallest absolute Gasteiger partial charge is 0.0611 e. The lowest BCUT2D eigenvalue weighted by Crippen LogP contribution is -2.46. The normalized spacial score (nSPS) is 11.2. The van der Waals surface area contributed by atoms with E-state index in [1.54, 1.807) is 5.12 Å². The van der Waals surface area contributed by atoms with Crippen LogP contribution in [0.15, 0.2) is 121 Å². The Labute approximate surface area is 213 Å². The number of fused-ring (bicyclic) bond motifs is 1. The van der Waals surface area contributed by atoms with Crippen LogP contribution in [0.4, 0.5) is 11.4 Å². The molecule has 0 aliphatic carbocycles. The number of anilines is 2. The monoisotopic (exact) mass is 472 g/mol. The lowest BCUT2D eigenvalue weighted by Gasteiger charge is -2.34. The molecule has 0 radical (unpaired) electrons. The van der Waals surface area contributed by atoms with Crippen LogP contribution in [-0.4, -0.2) is 5.12 Å². The molecule has 5 aromatic rings. The topological polar surface area (TPSA) is 58.5 Å². The van der Waals surface area contributed by atoms with Crippen molar-refractivity contribution in [2.45, 2.75) is 25.9 Å². The Morgan fingerprint density at radius 2 is 1.11 bits per heavy atom. The van der Waals surface area contributed by atoms with Gasteiger partial charge >= 0.3 is 0 Å². The Kier molecular flexibility index (Phi) is 7.27. The van der Waals surface area contributed by atoms with Crippen LogP contribution >= 0.6 is 0 Å². The number of hydrogen-bond donors (Lipinski definition) is 2. The number of nitrogens with zero attached hydrogens (tertiary/aromatic N) is 2. The van der Waals surface area contributed by atoms with E-state index in [-0.39, 0.29) is 0 Å². The first-order valence-electron chi connectivity index (χ1n) is 12.4. The summed E-state index contributed by atoms with van der Waals surface area (Å²) in [4.78, 5) is 0. The summed E-state index contributed by atoms with van der Waals surface area (Å²) in [5.41, 5.74) is 13.2. The summed E-state index contributed by atoms with van der Waals surface area (Å²) in [5, 5.41) is 6.31. The van der Waals surface area contributed by atoms with Gasteiger partial charge in [-0.1, -0.05) is 103 Å². The third-order valence-electron chi connectivity index (χ3n) is 6.63. The summed E-state index contributed by atoms with van der Waals surface area (Å²) >= 11 is 0. The first kappa shape index (κ1) is 23.6. The van der Waals surface area contributed by atoms with Gasteiger partial charge in [0.25, 0.3) is 0 Å². The average Bonchev–Trinajstić information content (AvgIpc) is 2.92. The zero-order valence-electron chi connectivity index (χ0n) is 20.4. The van der Waals surface area contributed by atoms with E-state index in [2.05, 4.69) is 96.0 Å². The fourth-order valence-electron chi connectivity index (χ4n) is 4.68. The number of hydrogen-bond acceptors (Lipinski definition) is 4. The highest BCUT2D eigenvalue weighted by atomic mass is 15.7. The maximum Gasteiger partial charge on any atom is 0.0611 e. The van der Waals surface area contributed by atoms with E-state index in [1.807, 2.05) is 30.3 Å². The van der Waals surface area contributed by atoms with Crippen LogP contribution in [0.3, 0.4) is 0 Å². The van der Waals surface area contributed by atoms with Crippen LogP contribution in [0.5, 0.6) is 0 Å². The van der Waals surface area contributed by atoms with Gasteiger partial charge in [0.1, 0.15) is 0 Å². The van der Waals surface area contributed by atoms with E-state index in [1.165, 1.54) is 27.5 Å². The van der Waals surface area contributed by atoms with Crippen molar-refractivity contribution in [2.24, 2.45) is 5.84 Å². The number of nitrogen functional groups attached to an aromatic ring is 1. The van der Waals surface area contributed by atoms with Gasteiger partial charge < -0.3 is 5.73 Å². The third-order valence-corrected chi connectivity index (χ3v) is 6.63. The van der Waals surface area contributed by atoms with Gasteiger partial charge in [0, 0.05) is 5.69 Å². The molecule has 4 nitrogen and oxygen atoms in total. The lowest BCUT2D eigenvalue weighted by molar-refractivity contribution is 0.244. The molecular weight excluding hydrogens is 440 g/mol. The lowest BCUT2D eigenvalue weighted by atomic mass is 9.96. The number of benzene rings is 5. The number of nitrogens with two attached hydrogens (primary N) is 2. The molecule has 0 aliphatic heterocycles. The summed E-state index contributed by atoms with van der Waals surface area (Å²) in [6.07, 6.45) is 1.82. The minimum atomic E-state index is 0.601. The predicted octanol–water partition coefficient (Wildman–Crippen LogP) is 6.50. The molecule has 0 saturated heterocycles. The van der Waals surface area contributed by atoms with Crippen LogP contribution in [0.1, 0.15) is 22.3 Å². The van der Waals surface area contributed by atoms with Crippen LogP contribution in [0.25, 0.3) is 10.8 Å².